The third-order valence-corrected chi connectivity index (χ3v) is 2.74. The van der Waals surface area contributed by atoms with Crippen molar-refractivity contribution in [1.29, 1.82) is 0 Å². The minimum absolute atomic E-state index is 0.137. The first kappa shape index (κ1) is 9.77. The monoisotopic (exact) mass is 226 g/mol. The molecule has 5 nitrogen and oxygen atoms in total. The second kappa shape index (κ2) is 3.55. The van der Waals surface area contributed by atoms with Gasteiger partial charge < -0.3 is 0 Å². The summed E-state index contributed by atoms with van der Waals surface area (Å²) in [6.45, 7) is 1.96. The lowest BCUT2D eigenvalue weighted by atomic mass is 10.2. The number of hydrogen-bond donors (Lipinski definition) is 1. The van der Waals surface area contributed by atoms with Crippen molar-refractivity contribution in [3.05, 3.63) is 52.7 Å². The molecule has 3 rings (SSSR count). The average Bonchev–Trinajstić information content (AvgIpc) is 2.80. The molecule has 0 fully saturated rings. The van der Waals surface area contributed by atoms with Gasteiger partial charge >= 0.3 is 0 Å². The zero-order valence-corrected chi connectivity index (χ0v) is 9.21. The van der Waals surface area contributed by atoms with Crippen molar-refractivity contribution in [3.8, 4) is 5.69 Å². The van der Waals surface area contributed by atoms with Gasteiger partial charge in [0.05, 0.1) is 11.9 Å². The molecule has 0 aliphatic heterocycles. The fourth-order valence-corrected chi connectivity index (χ4v) is 1.83. The van der Waals surface area contributed by atoms with Crippen molar-refractivity contribution in [2.75, 3.05) is 0 Å². The fourth-order valence-electron chi connectivity index (χ4n) is 1.83. The van der Waals surface area contributed by atoms with Crippen molar-refractivity contribution >= 4 is 11.0 Å². The third-order valence-electron chi connectivity index (χ3n) is 2.74. The standard InChI is InChI=1S/C12H10N4O/c1-8-4-2-3-5-10(8)16-7-13-9-6-14-15-11(9)12(16)17/h2-7H,1H3,(H,14,15). The quantitative estimate of drug-likeness (QED) is 0.682. The highest BCUT2D eigenvalue weighted by Crippen LogP contribution is 2.11. The van der Waals surface area contributed by atoms with Crippen LogP contribution in [0.2, 0.25) is 0 Å². The first-order valence-corrected chi connectivity index (χ1v) is 5.24. The highest BCUT2D eigenvalue weighted by molar-refractivity contribution is 5.71. The summed E-state index contributed by atoms with van der Waals surface area (Å²) in [6, 6.07) is 7.68. The predicted octanol–water partition coefficient (Wildman–Crippen LogP) is 1.42. The first-order valence-electron chi connectivity index (χ1n) is 5.24. The maximum absolute atomic E-state index is 12.2. The Balaban J connectivity index is 2.35. The molecule has 0 unspecified atom stereocenters. The lowest BCUT2D eigenvalue weighted by Gasteiger charge is -2.07. The van der Waals surface area contributed by atoms with E-state index in [9.17, 15) is 4.79 Å². The second-order valence-corrected chi connectivity index (χ2v) is 3.84. The van der Waals surface area contributed by atoms with Crippen LogP contribution in [-0.4, -0.2) is 19.7 Å². The van der Waals surface area contributed by atoms with Crippen LogP contribution in [0.1, 0.15) is 5.56 Å². The number of fused-ring (bicyclic) bond motifs is 1. The maximum Gasteiger partial charge on any atom is 0.283 e. The van der Waals surface area contributed by atoms with Crippen LogP contribution >= 0.6 is 0 Å². The fraction of sp³-hybridized carbons (Fsp3) is 0.0833. The lowest BCUT2D eigenvalue weighted by Crippen LogP contribution is -2.19. The molecule has 0 saturated heterocycles. The molecule has 1 aromatic carbocycles. The Kier molecular flexibility index (Phi) is 2.04. The van der Waals surface area contributed by atoms with Crippen LogP contribution in [0.4, 0.5) is 0 Å². The molecule has 0 atom stereocenters. The molecule has 0 aliphatic carbocycles. The van der Waals surface area contributed by atoms with Crippen LogP contribution in [0, 0.1) is 6.92 Å². The topological polar surface area (TPSA) is 63.6 Å². The second-order valence-electron chi connectivity index (χ2n) is 3.84. The van der Waals surface area contributed by atoms with Crippen molar-refractivity contribution in [3.63, 3.8) is 0 Å². The van der Waals surface area contributed by atoms with Gasteiger partial charge in [0.25, 0.3) is 5.56 Å². The SMILES string of the molecule is Cc1ccccc1-n1cnc2cn[nH]c2c1=O. The van der Waals surface area contributed by atoms with Gasteiger partial charge in [-0.1, -0.05) is 18.2 Å². The Bertz CT molecular complexity index is 741. The van der Waals surface area contributed by atoms with Gasteiger partial charge in [-0.3, -0.25) is 14.5 Å². The molecule has 0 bridgehead atoms. The summed E-state index contributed by atoms with van der Waals surface area (Å²) in [6.07, 6.45) is 3.07. The Morgan fingerprint density at radius 3 is 2.94 bits per heavy atom. The lowest BCUT2D eigenvalue weighted by molar-refractivity contribution is 0.946. The number of nitrogens with zero attached hydrogens (tertiary/aromatic N) is 3. The summed E-state index contributed by atoms with van der Waals surface area (Å²) in [5.41, 5.74) is 2.73. The van der Waals surface area contributed by atoms with Gasteiger partial charge in [0.2, 0.25) is 0 Å². The molecular formula is C12H10N4O. The van der Waals surface area contributed by atoms with Crippen molar-refractivity contribution in [2.24, 2.45) is 0 Å². The summed E-state index contributed by atoms with van der Waals surface area (Å²) in [4.78, 5) is 16.4. The largest absolute Gasteiger partial charge is 0.283 e. The smallest absolute Gasteiger partial charge is 0.271 e. The molecule has 3 aromatic rings. The Hall–Kier alpha value is -2.43. The van der Waals surface area contributed by atoms with Gasteiger partial charge in [0.15, 0.2) is 0 Å². The molecule has 0 spiro atoms. The molecule has 1 N–H and O–H groups in total. The van der Waals surface area contributed by atoms with E-state index < -0.39 is 0 Å². The number of aromatic amines is 1. The van der Waals surface area contributed by atoms with E-state index in [-0.39, 0.29) is 5.56 Å². The van der Waals surface area contributed by atoms with Gasteiger partial charge in [-0.05, 0) is 18.6 Å². The summed E-state index contributed by atoms with van der Waals surface area (Å²) < 4.78 is 1.52. The van der Waals surface area contributed by atoms with Crippen LogP contribution in [0.15, 0.2) is 41.6 Å². The number of para-hydroxylation sites is 1. The van der Waals surface area contributed by atoms with E-state index in [1.807, 2.05) is 31.2 Å². The van der Waals surface area contributed by atoms with Gasteiger partial charge in [0, 0.05) is 0 Å². The molecule has 2 heterocycles. The minimum atomic E-state index is -0.137. The maximum atomic E-state index is 12.2. The molecule has 2 aromatic heterocycles. The Morgan fingerprint density at radius 2 is 2.12 bits per heavy atom. The van der Waals surface area contributed by atoms with Crippen molar-refractivity contribution in [1.82, 2.24) is 19.7 Å². The molecule has 0 amide bonds. The number of H-pyrrole nitrogens is 1. The number of nitrogens with one attached hydrogen (secondary N) is 1. The van der Waals surface area contributed by atoms with Gasteiger partial charge in [-0.2, -0.15) is 5.10 Å². The summed E-state index contributed by atoms with van der Waals surface area (Å²) in [5, 5.41) is 6.49. The van der Waals surface area contributed by atoms with Crippen LogP contribution in [0.3, 0.4) is 0 Å². The average molecular weight is 226 g/mol. The van der Waals surface area contributed by atoms with E-state index in [4.69, 9.17) is 0 Å². The van der Waals surface area contributed by atoms with Crippen LogP contribution in [-0.2, 0) is 0 Å². The third kappa shape index (κ3) is 1.44. The molecule has 0 saturated carbocycles. The Labute approximate surface area is 96.7 Å². The van der Waals surface area contributed by atoms with Gasteiger partial charge in [-0.15, -0.1) is 0 Å². The summed E-state index contributed by atoms with van der Waals surface area (Å²) >= 11 is 0. The van der Waals surface area contributed by atoms with Crippen LogP contribution in [0.5, 0.6) is 0 Å². The summed E-state index contributed by atoms with van der Waals surface area (Å²) in [7, 11) is 0. The highest BCUT2D eigenvalue weighted by Gasteiger charge is 2.08. The van der Waals surface area contributed by atoms with Crippen molar-refractivity contribution in [2.45, 2.75) is 6.92 Å². The zero-order valence-electron chi connectivity index (χ0n) is 9.21. The van der Waals surface area contributed by atoms with Crippen LogP contribution < -0.4 is 5.56 Å². The zero-order chi connectivity index (χ0) is 11.8. The van der Waals surface area contributed by atoms with E-state index >= 15 is 0 Å². The molecule has 84 valence electrons. The number of aryl methyl sites for hydroxylation is 1. The number of aromatic nitrogens is 4. The van der Waals surface area contributed by atoms with E-state index in [1.54, 1.807) is 6.20 Å². The van der Waals surface area contributed by atoms with Crippen LogP contribution in [0.25, 0.3) is 16.7 Å². The predicted molar refractivity (Wildman–Crippen MR) is 64.2 cm³/mol. The van der Waals surface area contributed by atoms with Gasteiger partial charge in [0.1, 0.15) is 17.4 Å². The minimum Gasteiger partial charge on any atom is -0.271 e. The van der Waals surface area contributed by atoms with E-state index in [2.05, 4.69) is 15.2 Å². The number of rotatable bonds is 1. The highest BCUT2D eigenvalue weighted by atomic mass is 16.1. The van der Waals surface area contributed by atoms with E-state index in [1.165, 1.54) is 10.9 Å². The first-order chi connectivity index (χ1) is 8.27. The molecule has 0 aliphatic rings. The molecule has 5 heteroatoms. The van der Waals surface area contributed by atoms with E-state index in [0.717, 1.165) is 11.3 Å². The van der Waals surface area contributed by atoms with E-state index in [0.29, 0.717) is 11.0 Å². The molecule has 17 heavy (non-hydrogen) atoms. The normalized spacial score (nSPS) is 10.9. The molecular weight excluding hydrogens is 216 g/mol. The number of hydrogen-bond acceptors (Lipinski definition) is 3. The number of benzene rings is 1. The molecule has 0 radical (unpaired) electrons. The van der Waals surface area contributed by atoms with Gasteiger partial charge in [-0.25, -0.2) is 4.98 Å². The van der Waals surface area contributed by atoms with Crippen molar-refractivity contribution < 1.29 is 0 Å². The Morgan fingerprint density at radius 1 is 1.29 bits per heavy atom. The summed E-state index contributed by atoms with van der Waals surface area (Å²) in [5.74, 6) is 0.